The molecule has 0 aromatic carbocycles. The molecular weight excluding hydrogens is 244 g/mol. The normalized spacial score (nSPS) is 17.8. The lowest BCUT2D eigenvalue weighted by molar-refractivity contribution is -0.167. The number of ether oxygens (including phenoxy) is 1. The Labute approximate surface area is 115 Å². The van der Waals surface area contributed by atoms with Gasteiger partial charge in [0.15, 0.2) is 0 Å². The first-order valence-corrected chi connectivity index (χ1v) is 6.83. The number of hydrogen-bond donors (Lipinski definition) is 1. The zero-order chi connectivity index (χ0) is 14.8. The van der Waals surface area contributed by atoms with E-state index in [1.54, 1.807) is 11.9 Å². The summed E-state index contributed by atoms with van der Waals surface area (Å²) in [6, 6.07) is -0.521. The smallest absolute Gasteiger partial charge is 0.329 e. The molecule has 0 spiro atoms. The molecule has 0 radical (unpaired) electrons. The van der Waals surface area contributed by atoms with E-state index < -0.39 is 11.6 Å². The predicted octanol–water partition coefficient (Wildman–Crippen LogP) is 1.03. The van der Waals surface area contributed by atoms with E-state index in [0.29, 0.717) is 13.1 Å². The van der Waals surface area contributed by atoms with Crippen LogP contribution in [0.5, 0.6) is 0 Å². The Hall–Kier alpha value is -1.10. The number of rotatable bonds is 4. The Morgan fingerprint density at radius 3 is 2.11 bits per heavy atom. The first-order valence-electron chi connectivity index (χ1n) is 6.83. The maximum Gasteiger partial charge on any atom is 0.329 e. The van der Waals surface area contributed by atoms with E-state index >= 15 is 0 Å². The highest BCUT2D eigenvalue weighted by molar-refractivity contribution is 5.86. The third-order valence-corrected chi connectivity index (χ3v) is 3.18. The number of amides is 1. The van der Waals surface area contributed by atoms with Gasteiger partial charge in [-0.05, 0) is 26.7 Å². The first kappa shape index (κ1) is 16.0. The Kier molecular flexibility index (Phi) is 4.96. The summed E-state index contributed by atoms with van der Waals surface area (Å²) in [6.07, 6.45) is 0. The maximum absolute atomic E-state index is 12.2. The lowest BCUT2D eigenvalue weighted by atomic mass is 9.97. The molecule has 0 aromatic rings. The molecule has 110 valence electrons. The first-order chi connectivity index (χ1) is 8.63. The molecule has 0 aromatic heterocycles. The van der Waals surface area contributed by atoms with Gasteiger partial charge in [-0.1, -0.05) is 13.8 Å². The van der Waals surface area contributed by atoms with E-state index in [9.17, 15) is 9.59 Å². The Bertz CT molecular complexity index is 343. The molecule has 5 heteroatoms. The topological polar surface area (TPSA) is 58.6 Å². The number of esters is 1. The Morgan fingerprint density at radius 1 is 1.26 bits per heavy atom. The van der Waals surface area contributed by atoms with E-state index in [2.05, 4.69) is 5.32 Å². The highest BCUT2D eigenvalue weighted by Crippen LogP contribution is 2.19. The molecule has 0 unspecified atom stereocenters. The van der Waals surface area contributed by atoms with Gasteiger partial charge in [0.1, 0.15) is 11.6 Å². The highest BCUT2D eigenvalue weighted by Gasteiger charge is 2.37. The van der Waals surface area contributed by atoms with Crippen molar-refractivity contribution < 1.29 is 14.3 Å². The van der Waals surface area contributed by atoms with Crippen LogP contribution in [0.2, 0.25) is 0 Å². The molecule has 0 bridgehead atoms. The van der Waals surface area contributed by atoms with Gasteiger partial charge in [0.05, 0.1) is 5.92 Å². The number of carbonyl (C=O) groups excluding carboxylic acids is 2. The maximum atomic E-state index is 12.2. The van der Waals surface area contributed by atoms with E-state index in [-0.39, 0.29) is 23.7 Å². The van der Waals surface area contributed by atoms with Gasteiger partial charge in [-0.25, -0.2) is 4.79 Å². The zero-order valence-corrected chi connectivity index (χ0v) is 12.8. The van der Waals surface area contributed by atoms with Crippen molar-refractivity contribution in [1.29, 1.82) is 0 Å². The van der Waals surface area contributed by atoms with Crippen LogP contribution in [0.25, 0.3) is 0 Å². The summed E-state index contributed by atoms with van der Waals surface area (Å²) < 4.78 is 5.42. The minimum absolute atomic E-state index is 0.00585. The minimum Gasteiger partial charge on any atom is -0.458 e. The summed E-state index contributed by atoms with van der Waals surface area (Å²) in [6.45, 7) is 10.7. The Balaban J connectivity index is 2.75. The molecule has 0 aliphatic carbocycles. The summed E-state index contributed by atoms with van der Waals surface area (Å²) in [5, 5.41) is 3.07. The van der Waals surface area contributed by atoms with Crippen molar-refractivity contribution in [2.75, 3.05) is 20.1 Å². The van der Waals surface area contributed by atoms with Crippen LogP contribution < -0.4 is 5.32 Å². The summed E-state index contributed by atoms with van der Waals surface area (Å²) >= 11 is 0. The van der Waals surface area contributed by atoms with Crippen LogP contribution in [-0.2, 0) is 14.3 Å². The fourth-order valence-corrected chi connectivity index (χ4v) is 2.13. The van der Waals surface area contributed by atoms with Gasteiger partial charge < -0.3 is 15.0 Å². The van der Waals surface area contributed by atoms with Crippen molar-refractivity contribution in [2.24, 2.45) is 11.8 Å². The van der Waals surface area contributed by atoms with Crippen molar-refractivity contribution in [1.82, 2.24) is 10.2 Å². The Morgan fingerprint density at radius 2 is 1.79 bits per heavy atom. The standard InChI is InChI=1S/C14H26N2O3/c1-9(2)11(13(18)19-14(3,4)5)16(6)12(17)10-7-15-8-10/h9-11,15H,7-8H2,1-6H3/t11-/m0/s1. The fourth-order valence-electron chi connectivity index (χ4n) is 2.13. The number of carbonyl (C=O) groups is 2. The van der Waals surface area contributed by atoms with Gasteiger partial charge in [0.2, 0.25) is 5.91 Å². The molecular formula is C14H26N2O3. The molecule has 1 aliphatic heterocycles. The third kappa shape index (κ3) is 4.20. The van der Waals surface area contributed by atoms with E-state index in [1.807, 2.05) is 34.6 Å². The molecule has 1 amide bonds. The molecule has 1 saturated heterocycles. The SMILES string of the molecule is CC(C)[C@@H](C(=O)OC(C)(C)C)N(C)C(=O)C1CNC1. The van der Waals surface area contributed by atoms with Crippen molar-refractivity contribution in [3.05, 3.63) is 0 Å². The number of likely N-dealkylation sites (N-methyl/N-ethyl adjacent to an activating group) is 1. The molecule has 1 aliphatic rings. The average Bonchev–Trinajstić information content (AvgIpc) is 2.10. The van der Waals surface area contributed by atoms with Crippen LogP contribution >= 0.6 is 0 Å². The molecule has 1 N–H and O–H groups in total. The third-order valence-electron chi connectivity index (χ3n) is 3.18. The molecule has 19 heavy (non-hydrogen) atoms. The summed E-state index contributed by atoms with van der Waals surface area (Å²) in [4.78, 5) is 26.0. The summed E-state index contributed by atoms with van der Waals surface area (Å²) in [5.41, 5.74) is -0.536. The molecule has 1 heterocycles. The van der Waals surface area contributed by atoms with Crippen LogP contribution in [0.1, 0.15) is 34.6 Å². The minimum atomic E-state index is -0.536. The van der Waals surface area contributed by atoms with Gasteiger partial charge >= 0.3 is 5.97 Å². The van der Waals surface area contributed by atoms with Crippen LogP contribution in [0.4, 0.5) is 0 Å². The van der Waals surface area contributed by atoms with Crippen molar-refractivity contribution >= 4 is 11.9 Å². The fraction of sp³-hybridized carbons (Fsp3) is 0.857. The van der Waals surface area contributed by atoms with Gasteiger partial charge in [-0.15, -0.1) is 0 Å². The predicted molar refractivity (Wildman–Crippen MR) is 73.6 cm³/mol. The lowest BCUT2D eigenvalue weighted by Gasteiger charge is -2.36. The molecule has 1 rings (SSSR count). The zero-order valence-electron chi connectivity index (χ0n) is 12.8. The van der Waals surface area contributed by atoms with Gasteiger partial charge in [0, 0.05) is 20.1 Å². The van der Waals surface area contributed by atoms with Crippen molar-refractivity contribution in [2.45, 2.75) is 46.3 Å². The second-order valence-corrected chi connectivity index (χ2v) is 6.53. The highest BCUT2D eigenvalue weighted by atomic mass is 16.6. The van der Waals surface area contributed by atoms with Crippen LogP contribution in [0, 0.1) is 11.8 Å². The average molecular weight is 270 g/mol. The monoisotopic (exact) mass is 270 g/mol. The van der Waals surface area contributed by atoms with E-state index in [1.165, 1.54) is 0 Å². The largest absolute Gasteiger partial charge is 0.458 e. The van der Waals surface area contributed by atoms with Crippen LogP contribution in [0.15, 0.2) is 0 Å². The van der Waals surface area contributed by atoms with E-state index in [0.717, 1.165) is 0 Å². The second-order valence-electron chi connectivity index (χ2n) is 6.53. The molecule has 1 atom stereocenters. The quantitative estimate of drug-likeness (QED) is 0.775. The van der Waals surface area contributed by atoms with Crippen LogP contribution in [-0.4, -0.2) is 48.6 Å². The summed E-state index contributed by atoms with van der Waals surface area (Å²) in [5.74, 6) is -0.292. The molecule has 1 fully saturated rings. The van der Waals surface area contributed by atoms with Crippen molar-refractivity contribution in [3.8, 4) is 0 Å². The number of hydrogen-bond acceptors (Lipinski definition) is 4. The van der Waals surface area contributed by atoms with Gasteiger partial charge in [0.25, 0.3) is 0 Å². The van der Waals surface area contributed by atoms with Crippen molar-refractivity contribution in [3.63, 3.8) is 0 Å². The van der Waals surface area contributed by atoms with E-state index in [4.69, 9.17) is 4.74 Å². The number of nitrogens with zero attached hydrogens (tertiary/aromatic N) is 1. The van der Waals surface area contributed by atoms with Gasteiger partial charge in [-0.2, -0.15) is 0 Å². The van der Waals surface area contributed by atoms with Crippen LogP contribution in [0.3, 0.4) is 0 Å². The van der Waals surface area contributed by atoms with Gasteiger partial charge in [-0.3, -0.25) is 4.79 Å². The summed E-state index contributed by atoms with van der Waals surface area (Å²) in [7, 11) is 1.69. The second kappa shape index (κ2) is 5.90. The number of nitrogens with one attached hydrogen (secondary N) is 1. The molecule has 5 nitrogen and oxygen atoms in total. The molecule has 0 saturated carbocycles. The lowest BCUT2D eigenvalue weighted by Crippen LogP contribution is -2.56.